The van der Waals surface area contributed by atoms with Crippen LogP contribution in [0.5, 0.6) is 0 Å². The molecule has 1 N–H and O–H groups in total. The Morgan fingerprint density at radius 1 is 1.29 bits per heavy atom. The Kier molecular flexibility index (Phi) is 5.78. The normalized spacial score (nSPS) is 12.8. The van der Waals surface area contributed by atoms with Gasteiger partial charge in [0.1, 0.15) is 0 Å². The lowest BCUT2D eigenvalue weighted by molar-refractivity contribution is 0.0740. The molecule has 1 rings (SSSR count). The van der Waals surface area contributed by atoms with Gasteiger partial charge in [0, 0.05) is 24.3 Å². The van der Waals surface area contributed by atoms with Gasteiger partial charge in [0.2, 0.25) is 10.0 Å². The van der Waals surface area contributed by atoms with Crippen LogP contribution in [0.1, 0.15) is 43.1 Å². The molecular weight excluding hydrogens is 288 g/mol. The van der Waals surface area contributed by atoms with Gasteiger partial charge >= 0.3 is 0 Å². The number of anilines is 1. The van der Waals surface area contributed by atoms with Gasteiger partial charge in [0.25, 0.3) is 5.91 Å². The first kappa shape index (κ1) is 17.5. The van der Waals surface area contributed by atoms with Crippen molar-refractivity contribution in [2.45, 2.75) is 39.7 Å². The van der Waals surface area contributed by atoms with E-state index in [4.69, 9.17) is 0 Å². The number of sulfonamides is 1. The average Bonchev–Trinajstić information content (AvgIpc) is 2.42. The number of hydrogen-bond acceptors (Lipinski definition) is 3. The van der Waals surface area contributed by atoms with Crippen LogP contribution in [0.2, 0.25) is 0 Å². The number of nitrogens with zero attached hydrogens (tertiary/aromatic N) is 1. The Labute approximate surface area is 127 Å². The molecule has 118 valence electrons. The summed E-state index contributed by atoms with van der Waals surface area (Å²) in [5.74, 6) is -0.101. The van der Waals surface area contributed by atoms with Crippen molar-refractivity contribution in [3.8, 4) is 0 Å². The predicted octanol–water partition coefficient (Wildman–Crippen LogP) is 2.49. The van der Waals surface area contributed by atoms with Gasteiger partial charge in [0.15, 0.2) is 0 Å². The summed E-state index contributed by atoms with van der Waals surface area (Å²) >= 11 is 0. The Bertz CT molecular complexity index is 611. The van der Waals surface area contributed by atoms with Crippen LogP contribution in [0.3, 0.4) is 0 Å². The van der Waals surface area contributed by atoms with Crippen LogP contribution in [-0.2, 0) is 16.4 Å². The maximum atomic E-state index is 12.5. The van der Waals surface area contributed by atoms with E-state index in [1.165, 1.54) is 0 Å². The number of carbonyl (C=O) groups excluding carboxylic acids is 1. The quantitative estimate of drug-likeness (QED) is 0.877. The third-order valence-corrected chi connectivity index (χ3v) is 4.13. The molecule has 0 aliphatic carbocycles. The highest BCUT2D eigenvalue weighted by Crippen LogP contribution is 2.19. The summed E-state index contributed by atoms with van der Waals surface area (Å²) in [5.41, 5.74) is 1.85. The van der Waals surface area contributed by atoms with Crippen LogP contribution in [0.4, 0.5) is 5.69 Å². The zero-order valence-corrected chi connectivity index (χ0v) is 14.1. The van der Waals surface area contributed by atoms with Crippen molar-refractivity contribution in [1.82, 2.24) is 4.90 Å². The van der Waals surface area contributed by atoms with Crippen molar-refractivity contribution in [3.63, 3.8) is 0 Å². The minimum absolute atomic E-state index is 0.101. The maximum absolute atomic E-state index is 12.5. The number of amides is 1. The van der Waals surface area contributed by atoms with Crippen molar-refractivity contribution < 1.29 is 13.2 Å². The smallest absolute Gasteiger partial charge is 0.253 e. The molecule has 0 aliphatic rings. The third kappa shape index (κ3) is 5.04. The fourth-order valence-corrected chi connectivity index (χ4v) is 2.52. The fourth-order valence-electron chi connectivity index (χ4n) is 1.97. The monoisotopic (exact) mass is 312 g/mol. The van der Waals surface area contributed by atoms with E-state index in [2.05, 4.69) is 4.72 Å². The van der Waals surface area contributed by atoms with Crippen LogP contribution in [0, 0.1) is 0 Å². The van der Waals surface area contributed by atoms with Crippen molar-refractivity contribution in [2.75, 3.05) is 18.0 Å². The summed E-state index contributed by atoms with van der Waals surface area (Å²) in [6, 6.07) is 5.28. The molecule has 21 heavy (non-hydrogen) atoms. The zero-order chi connectivity index (χ0) is 16.2. The first-order valence-electron chi connectivity index (χ1n) is 7.06. The van der Waals surface area contributed by atoms with Crippen molar-refractivity contribution >= 4 is 21.6 Å². The van der Waals surface area contributed by atoms with E-state index in [-0.39, 0.29) is 11.9 Å². The molecule has 0 fully saturated rings. The summed E-state index contributed by atoms with van der Waals surface area (Å²) in [6.45, 7) is 5.97. The SMILES string of the molecule is CCc1cc(NS(C)(=O)=O)cc(C(=O)N(C)C(C)CC)c1. The molecule has 0 spiro atoms. The molecule has 1 amide bonds. The maximum Gasteiger partial charge on any atom is 0.253 e. The van der Waals surface area contributed by atoms with E-state index in [1.807, 2.05) is 26.8 Å². The molecule has 0 aliphatic heterocycles. The van der Waals surface area contributed by atoms with Crippen LogP contribution in [0.25, 0.3) is 0 Å². The van der Waals surface area contributed by atoms with Crippen molar-refractivity contribution in [3.05, 3.63) is 29.3 Å². The van der Waals surface area contributed by atoms with Crippen LogP contribution in [0.15, 0.2) is 18.2 Å². The second-order valence-electron chi connectivity index (χ2n) is 5.32. The first-order valence-corrected chi connectivity index (χ1v) is 8.96. The molecule has 0 saturated carbocycles. The zero-order valence-electron chi connectivity index (χ0n) is 13.3. The molecule has 1 aromatic carbocycles. The molecule has 0 aromatic heterocycles. The summed E-state index contributed by atoms with van der Waals surface area (Å²) < 4.78 is 25.2. The topological polar surface area (TPSA) is 66.5 Å². The Balaban J connectivity index is 3.17. The molecular formula is C15H24N2O3S. The Hall–Kier alpha value is -1.56. The Morgan fingerprint density at radius 2 is 1.90 bits per heavy atom. The second kappa shape index (κ2) is 6.93. The minimum Gasteiger partial charge on any atom is -0.339 e. The Morgan fingerprint density at radius 3 is 2.38 bits per heavy atom. The molecule has 0 saturated heterocycles. The van der Waals surface area contributed by atoms with Gasteiger partial charge in [-0.2, -0.15) is 0 Å². The van der Waals surface area contributed by atoms with Gasteiger partial charge in [-0.3, -0.25) is 9.52 Å². The van der Waals surface area contributed by atoms with E-state index >= 15 is 0 Å². The fraction of sp³-hybridized carbons (Fsp3) is 0.533. The largest absolute Gasteiger partial charge is 0.339 e. The number of aryl methyl sites for hydroxylation is 1. The lowest BCUT2D eigenvalue weighted by atomic mass is 10.1. The molecule has 5 nitrogen and oxygen atoms in total. The molecule has 6 heteroatoms. The number of nitrogens with one attached hydrogen (secondary N) is 1. The van der Waals surface area contributed by atoms with Crippen molar-refractivity contribution in [2.24, 2.45) is 0 Å². The van der Waals surface area contributed by atoms with Crippen LogP contribution >= 0.6 is 0 Å². The van der Waals surface area contributed by atoms with Crippen molar-refractivity contribution in [1.29, 1.82) is 0 Å². The van der Waals surface area contributed by atoms with Gasteiger partial charge in [-0.25, -0.2) is 8.42 Å². The highest BCUT2D eigenvalue weighted by Gasteiger charge is 2.17. The van der Waals surface area contributed by atoms with Gasteiger partial charge in [-0.05, 0) is 43.5 Å². The predicted molar refractivity (Wildman–Crippen MR) is 86.1 cm³/mol. The third-order valence-electron chi connectivity index (χ3n) is 3.52. The van der Waals surface area contributed by atoms with Crippen LogP contribution in [-0.4, -0.2) is 38.6 Å². The minimum atomic E-state index is -3.36. The highest BCUT2D eigenvalue weighted by atomic mass is 32.2. The molecule has 1 aromatic rings. The molecule has 1 unspecified atom stereocenters. The standard InChI is InChI=1S/C15H24N2O3S/c1-6-11(3)17(4)15(18)13-8-12(7-2)9-14(10-13)16-21(5,19)20/h8-11,16H,6-7H2,1-5H3. The van der Waals surface area contributed by atoms with Gasteiger partial charge < -0.3 is 4.90 Å². The van der Waals surface area contributed by atoms with Crippen LogP contribution < -0.4 is 4.72 Å². The molecule has 0 heterocycles. The van der Waals surface area contributed by atoms with E-state index in [0.717, 1.165) is 24.7 Å². The number of benzene rings is 1. The lowest BCUT2D eigenvalue weighted by Crippen LogP contribution is -2.34. The summed E-state index contributed by atoms with van der Waals surface area (Å²) in [6.07, 6.45) is 2.69. The van der Waals surface area contributed by atoms with Gasteiger partial charge in [-0.1, -0.05) is 13.8 Å². The number of rotatable bonds is 6. The molecule has 0 bridgehead atoms. The van der Waals surface area contributed by atoms with Gasteiger partial charge in [-0.15, -0.1) is 0 Å². The van der Waals surface area contributed by atoms with E-state index in [9.17, 15) is 13.2 Å². The molecule has 1 atom stereocenters. The number of carbonyl (C=O) groups is 1. The van der Waals surface area contributed by atoms with E-state index in [0.29, 0.717) is 11.3 Å². The van der Waals surface area contributed by atoms with Gasteiger partial charge in [0.05, 0.1) is 6.26 Å². The lowest BCUT2D eigenvalue weighted by Gasteiger charge is -2.24. The molecule has 0 radical (unpaired) electrons. The van der Waals surface area contributed by atoms with E-state index < -0.39 is 10.0 Å². The summed E-state index contributed by atoms with van der Waals surface area (Å²) in [7, 11) is -1.60. The summed E-state index contributed by atoms with van der Waals surface area (Å²) in [4.78, 5) is 14.2. The van der Waals surface area contributed by atoms with E-state index in [1.54, 1.807) is 24.1 Å². The number of hydrogen-bond donors (Lipinski definition) is 1. The second-order valence-corrected chi connectivity index (χ2v) is 7.07. The highest BCUT2D eigenvalue weighted by molar-refractivity contribution is 7.92. The first-order chi connectivity index (χ1) is 9.67. The average molecular weight is 312 g/mol. The summed E-state index contributed by atoms with van der Waals surface area (Å²) in [5, 5.41) is 0.